The Morgan fingerprint density at radius 3 is 2.85 bits per heavy atom. The van der Waals surface area contributed by atoms with Crippen LogP contribution in [0.15, 0.2) is 44.8 Å². The first-order chi connectivity index (χ1) is 12.7. The summed E-state index contributed by atoms with van der Waals surface area (Å²) in [4.78, 5) is 22.5. The molecule has 1 aromatic heterocycles. The van der Waals surface area contributed by atoms with E-state index in [1.54, 1.807) is 0 Å². The van der Waals surface area contributed by atoms with E-state index in [2.05, 4.69) is 4.98 Å². The van der Waals surface area contributed by atoms with Gasteiger partial charge in [0.15, 0.2) is 11.4 Å². The van der Waals surface area contributed by atoms with Crippen molar-refractivity contribution in [1.82, 2.24) is 4.98 Å². The van der Waals surface area contributed by atoms with Crippen LogP contribution in [0.3, 0.4) is 0 Å². The number of carbonyl (C=O) groups excluding carboxylic acids is 1. The maximum atomic E-state index is 12.7. The Morgan fingerprint density at radius 1 is 1.15 bits per heavy atom. The number of dihydropyridines is 1. The van der Waals surface area contributed by atoms with E-state index in [1.807, 2.05) is 36.0 Å². The fourth-order valence-corrected chi connectivity index (χ4v) is 5.83. The molecule has 1 saturated heterocycles. The van der Waals surface area contributed by atoms with Gasteiger partial charge in [0.1, 0.15) is 5.52 Å². The molecular weight excluding hydrogens is 344 g/mol. The second-order valence-electron chi connectivity index (χ2n) is 7.51. The third-order valence-electron chi connectivity index (χ3n) is 5.78. The number of nitrogens with zero attached hydrogens (tertiary/aromatic N) is 2. The number of rotatable bonds is 2. The first kappa shape index (κ1) is 16.3. The number of oxazole rings is 1. The number of ketones is 1. The Kier molecular flexibility index (Phi) is 4.00. The number of aliphatic imine (C=N–C) groups is 1. The summed E-state index contributed by atoms with van der Waals surface area (Å²) < 4.78 is 5.92. The summed E-state index contributed by atoms with van der Waals surface area (Å²) >= 11 is 1.98. The van der Waals surface area contributed by atoms with E-state index < -0.39 is 0 Å². The molecule has 0 radical (unpaired) electrons. The summed E-state index contributed by atoms with van der Waals surface area (Å²) in [7, 11) is 0. The number of hydrogen-bond donors (Lipinski definition) is 0. The topological polar surface area (TPSA) is 55.5 Å². The number of fused-ring (bicyclic) bond motifs is 2. The first-order valence-electron chi connectivity index (χ1n) is 9.49. The van der Waals surface area contributed by atoms with Gasteiger partial charge in [0, 0.05) is 24.1 Å². The first-order valence-corrected chi connectivity index (χ1v) is 10.6. The lowest BCUT2D eigenvalue weighted by Gasteiger charge is -2.41. The number of carbonyl (C=O) groups is 1. The predicted molar refractivity (Wildman–Crippen MR) is 105 cm³/mol. The normalized spacial score (nSPS) is 22.6. The van der Waals surface area contributed by atoms with Crippen LogP contribution in [0.1, 0.15) is 44.4 Å². The lowest BCUT2D eigenvalue weighted by molar-refractivity contribution is -0.116. The van der Waals surface area contributed by atoms with Gasteiger partial charge >= 0.3 is 0 Å². The number of aromatic nitrogens is 1. The molecular formula is C21H22N2O2S. The lowest BCUT2D eigenvalue weighted by atomic mass is 9.72. The monoisotopic (exact) mass is 366 g/mol. The van der Waals surface area contributed by atoms with E-state index in [4.69, 9.17) is 9.41 Å². The average Bonchev–Trinajstić information content (AvgIpc) is 3.04. The highest BCUT2D eigenvalue weighted by Crippen LogP contribution is 2.45. The summed E-state index contributed by atoms with van der Waals surface area (Å²) in [5.41, 5.74) is 5.01. The quantitative estimate of drug-likeness (QED) is 0.783. The van der Waals surface area contributed by atoms with E-state index in [1.165, 1.54) is 5.57 Å². The van der Waals surface area contributed by atoms with Gasteiger partial charge in [-0.1, -0.05) is 17.7 Å². The van der Waals surface area contributed by atoms with Crippen LogP contribution in [0.25, 0.3) is 11.1 Å². The molecule has 0 unspecified atom stereocenters. The second kappa shape index (κ2) is 6.38. The molecule has 1 spiro atoms. The molecule has 0 N–H and O–H groups in total. The minimum atomic E-state index is -0.266. The molecule has 2 aliphatic heterocycles. The highest BCUT2D eigenvalue weighted by atomic mass is 32.2. The molecule has 3 heterocycles. The number of para-hydroxylation sites is 2. The van der Waals surface area contributed by atoms with Gasteiger partial charge in [-0.15, -0.1) is 0 Å². The molecule has 0 atom stereocenters. The van der Waals surface area contributed by atoms with E-state index in [9.17, 15) is 4.79 Å². The van der Waals surface area contributed by atoms with E-state index in [-0.39, 0.29) is 5.54 Å². The van der Waals surface area contributed by atoms with Crippen LogP contribution in [0, 0.1) is 0 Å². The van der Waals surface area contributed by atoms with Crippen LogP contribution >= 0.6 is 11.8 Å². The highest BCUT2D eigenvalue weighted by molar-refractivity contribution is 7.99. The third-order valence-corrected chi connectivity index (χ3v) is 6.77. The zero-order valence-electron chi connectivity index (χ0n) is 14.8. The molecule has 0 bridgehead atoms. The van der Waals surface area contributed by atoms with Crippen molar-refractivity contribution in [2.75, 3.05) is 11.5 Å². The standard InChI is InChI=1S/C21H22N2O2S/c24-17-6-3-4-14-12-15(23-21(20(14)17)8-10-26-11-9-21)13-19-22-16-5-1-2-7-18(16)25-19/h1-2,5,7H,3-4,6,8-13H2. The van der Waals surface area contributed by atoms with E-state index >= 15 is 0 Å². The zero-order valence-corrected chi connectivity index (χ0v) is 15.6. The summed E-state index contributed by atoms with van der Waals surface area (Å²) in [6.07, 6.45) is 6.16. The number of benzene rings is 1. The summed E-state index contributed by atoms with van der Waals surface area (Å²) in [6, 6.07) is 7.88. The number of hydrogen-bond acceptors (Lipinski definition) is 5. The van der Waals surface area contributed by atoms with Crippen molar-refractivity contribution < 1.29 is 9.21 Å². The number of Topliss-reactive ketones (excluding diaryl/α,β-unsaturated/α-hetero) is 1. The van der Waals surface area contributed by atoms with Crippen molar-refractivity contribution in [3.8, 4) is 0 Å². The third kappa shape index (κ3) is 2.73. The second-order valence-corrected chi connectivity index (χ2v) is 8.73. The molecule has 2 aromatic rings. The predicted octanol–water partition coefficient (Wildman–Crippen LogP) is 4.53. The molecule has 5 rings (SSSR count). The Labute approximate surface area is 157 Å². The van der Waals surface area contributed by atoms with Gasteiger partial charge in [-0.05, 0) is 49.3 Å². The Hall–Kier alpha value is -1.88. The van der Waals surface area contributed by atoms with Gasteiger partial charge in [-0.2, -0.15) is 11.8 Å². The molecule has 134 valence electrons. The van der Waals surface area contributed by atoms with Crippen LogP contribution in [-0.4, -0.2) is 33.5 Å². The largest absolute Gasteiger partial charge is 0.440 e. The Bertz CT molecular complexity index is 901. The van der Waals surface area contributed by atoms with Crippen molar-refractivity contribution in [3.05, 3.63) is 41.3 Å². The molecule has 1 aliphatic carbocycles. The van der Waals surface area contributed by atoms with Crippen LogP contribution in [0.5, 0.6) is 0 Å². The van der Waals surface area contributed by atoms with Crippen molar-refractivity contribution >= 4 is 34.4 Å². The van der Waals surface area contributed by atoms with Crippen molar-refractivity contribution in [1.29, 1.82) is 0 Å². The minimum absolute atomic E-state index is 0.266. The van der Waals surface area contributed by atoms with E-state index in [0.29, 0.717) is 18.6 Å². The maximum Gasteiger partial charge on any atom is 0.201 e. The number of thioether (sulfide) groups is 1. The molecule has 5 heteroatoms. The smallest absolute Gasteiger partial charge is 0.201 e. The van der Waals surface area contributed by atoms with Gasteiger partial charge in [0.25, 0.3) is 0 Å². The van der Waals surface area contributed by atoms with Gasteiger partial charge in [-0.3, -0.25) is 9.79 Å². The molecule has 3 aliphatic rings. The van der Waals surface area contributed by atoms with Gasteiger partial charge in [0.2, 0.25) is 5.89 Å². The Balaban J connectivity index is 1.51. The molecule has 26 heavy (non-hydrogen) atoms. The van der Waals surface area contributed by atoms with Gasteiger partial charge in [0.05, 0.1) is 12.0 Å². The van der Waals surface area contributed by atoms with Crippen molar-refractivity contribution in [3.63, 3.8) is 0 Å². The molecule has 0 saturated carbocycles. The van der Waals surface area contributed by atoms with Crippen LogP contribution in [0.2, 0.25) is 0 Å². The number of allylic oxidation sites excluding steroid dienone is 1. The highest BCUT2D eigenvalue weighted by Gasteiger charge is 2.44. The van der Waals surface area contributed by atoms with Gasteiger partial charge in [-0.25, -0.2) is 4.98 Å². The van der Waals surface area contributed by atoms with Crippen LogP contribution in [0.4, 0.5) is 0 Å². The lowest BCUT2D eigenvalue weighted by Crippen LogP contribution is -2.42. The molecule has 4 nitrogen and oxygen atoms in total. The van der Waals surface area contributed by atoms with Crippen molar-refractivity contribution in [2.24, 2.45) is 4.99 Å². The SMILES string of the molecule is O=C1CCCC2=C1C1(CCSCC1)N=C(Cc1nc3ccccc3o1)C2. The van der Waals surface area contributed by atoms with Crippen molar-refractivity contribution in [2.45, 2.75) is 50.5 Å². The average molecular weight is 366 g/mol. The molecule has 0 amide bonds. The summed E-state index contributed by atoms with van der Waals surface area (Å²) in [5.74, 6) is 3.26. The molecule has 1 fully saturated rings. The zero-order chi connectivity index (χ0) is 17.6. The summed E-state index contributed by atoms with van der Waals surface area (Å²) in [5, 5.41) is 0. The minimum Gasteiger partial charge on any atom is -0.440 e. The fourth-order valence-electron chi connectivity index (χ4n) is 4.66. The fraction of sp³-hybridized carbons (Fsp3) is 0.476. The molecule has 1 aromatic carbocycles. The van der Waals surface area contributed by atoms with E-state index in [0.717, 1.165) is 71.9 Å². The van der Waals surface area contributed by atoms with Crippen LogP contribution < -0.4 is 0 Å². The maximum absolute atomic E-state index is 12.7. The Morgan fingerprint density at radius 2 is 2.00 bits per heavy atom. The summed E-state index contributed by atoms with van der Waals surface area (Å²) in [6.45, 7) is 0. The van der Waals surface area contributed by atoms with Crippen LogP contribution in [-0.2, 0) is 11.2 Å². The van der Waals surface area contributed by atoms with Gasteiger partial charge < -0.3 is 4.42 Å².